The number of nitrogens with one attached hydrogen (secondary N) is 1. The molecule has 0 aliphatic carbocycles. The van der Waals surface area contributed by atoms with Gasteiger partial charge < -0.3 is 20.5 Å². The van der Waals surface area contributed by atoms with Gasteiger partial charge in [0.15, 0.2) is 0 Å². The minimum atomic E-state index is -0.556. The number of hydrogen-bond acceptors (Lipinski definition) is 8. The summed E-state index contributed by atoms with van der Waals surface area (Å²) in [6.45, 7) is 5.19. The molecule has 2 aromatic carbocycles. The van der Waals surface area contributed by atoms with Crippen LogP contribution >= 0.6 is 0 Å². The lowest BCUT2D eigenvalue weighted by molar-refractivity contribution is 0.103. The molecule has 2 heterocycles. The molecule has 0 bridgehead atoms. The van der Waals surface area contributed by atoms with E-state index in [4.69, 9.17) is 15.2 Å². The van der Waals surface area contributed by atoms with Crippen molar-refractivity contribution in [1.82, 2.24) is 14.9 Å². The van der Waals surface area contributed by atoms with Crippen LogP contribution in [0.25, 0.3) is 0 Å². The standard InChI is InChI=1S/C24H26FN5O3/c1-3-30-11-10-18(14-30)33-17-7-5-16(6-8-17)28-24-27-13-20(23(26)29-24)22(31)19-12-15(25)4-9-21(19)32-2/h4-9,12-13,18H,3,10-11,14H2,1-2H3,(H3,26,27,28,29). The van der Waals surface area contributed by atoms with Crippen molar-refractivity contribution in [2.75, 3.05) is 37.8 Å². The monoisotopic (exact) mass is 451 g/mol. The van der Waals surface area contributed by atoms with Crippen LogP contribution in [0.4, 0.5) is 21.8 Å². The molecule has 33 heavy (non-hydrogen) atoms. The summed E-state index contributed by atoms with van der Waals surface area (Å²) in [5.74, 6) is 0.174. The zero-order valence-corrected chi connectivity index (χ0v) is 18.5. The maximum Gasteiger partial charge on any atom is 0.229 e. The zero-order chi connectivity index (χ0) is 23.4. The fraction of sp³-hybridized carbons (Fsp3) is 0.292. The Kier molecular flexibility index (Phi) is 6.69. The first-order valence-electron chi connectivity index (χ1n) is 10.7. The van der Waals surface area contributed by atoms with E-state index in [-0.39, 0.29) is 34.7 Å². The average Bonchev–Trinajstić information content (AvgIpc) is 3.27. The topological polar surface area (TPSA) is 103 Å². The summed E-state index contributed by atoms with van der Waals surface area (Å²) in [4.78, 5) is 23.6. The largest absolute Gasteiger partial charge is 0.496 e. The number of aromatic nitrogens is 2. The van der Waals surface area contributed by atoms with E-state index < -0.39 is 11.6 Å². The van der Waals surface area contributed by atoms with Gasteiger partial charge in [0.25, 0.3) is 0 Å². The lowest BCUT2D eigenvalue weighted by Gasteiger charge is -2.15. The molecule has 1 unspecified atom stereocenters. The Bertz CT molecular complexity index is 1140. The van der Waals surface area contributed by atoms with E-state index >= 15 is 0 Å². The summed E-state index contributed by atoms with van der Waals surface area (Å²) < 4.78 is 24.9. The minimum Gasteiger partial charge on any atom is -0.496 e. The molecule has 0 amide bonds. The van der Waals surface area contributed by atoms with E-state index in [9.17, 15) is 9.18 Å². The number of ether oxygens (including phenoxy) is 2. The Morgan fingerprint density at radius 2 is 2.03 bits per heavy atom. The molecule has 1 saturated heterocycles. The van der Waals surface area contributed by atoms with Crippen molar-refractivity contribution < 1.29 is 18.7 Å². The van der Waals surface area contributed by atoms with Gasteiger partial charge in [0.05, 0.1) is 18.2 Å². The maximum absolute atomic E-state index is 13.7. The van der Waals surface area contributed by atoms with Gasteiger partial charge in [0, 0.05) is 25.0 Å². The van der Waals surface area contributed by atoms with Gasteiger partial charge in [-0.25, -0.2) is 9.37 Å². The molecule has 0 saturated carbocycles. The van der Waals surface area contributed by atoms with Crippen molar-refractivity contribution in [3.63, 3.8) is 0 Å². The molecular weight excluding hydrogens is 425 g/mol. The number of carbonyl (C=O) groups is 1. The number of nitrogens with zero attached hydrogens (tertiary/aromatic N) is 3. The molecule has 1 fully saturated rings. The first-order valence-corrected chi connectivity index (χ1v) is 10.7. The van der Waals surface area contributed by atoms with Crippen molar-refractivity contribution in [2.45, 2.75) is 19.4 Å². The fourth-order valence-corrected chi connectivity index (χ4v) is 3.75. The summed E-state index contributed by atoms with van der Waals surface area (Å²) in [6.07, 6.45) is 2.54. The Labute approximate surface area is 191 Å². The predicted octanol–water partition coefficient (Wildman–Crippen LogP) is 3.65. The van der Waals surface area contributed by atoms with Crippen molar-refractivity contribution in [3.8, 4) is 11.5 Å². The molecular formula is C24H26FN5O3. The molecule has 3 N–H and O–H groups in total. The van der Waals surface area contributed by atoms with Gasteiger partial charge in [-0.05, 0) is 55.4 Å². The van der Waals surface area contributed by atoms with Crippen LogP contribution in [-0.2, 0) is 0 Å². The molecule has 9 heteroatoms. The lowest BCUT2D eigenvalue weighted by atomic mass is 10.0. The highest BCUT2D eigenvalue weighted by Crippen LogP contribution is 2.26. The maximum atomic E-state index is 13.7. The average molecular weight is 452 g/mol. The Morgan fingerprint density at radius 3 is 2.70 bits per heavy atom. The van der Waals surface area contributed by atoms with Gasteiger partial charge in [-0.2, -0.15) is 4.98 Å². The molecule has 8 nitrogen and oxygen atoms in total. The number of likely N-dealkylation sites (tertiary alicyclic amines) is 1. The van der Waals surface area contributed by atoms with Crippen molar-refractivity contribution in [2.24, 2.45) is 0 Å². The van der Waals surface area contributed by atoms with Crippen LogP contribution in [0.1, 0.15) is 29.3 Å². The van der Waals surface area contributed by atoms with Gasteiger partial charge in [-0.1, -0.05) is 6.92 Å². The number of rotatable bonds is 8. The molecule has 1 aliphatic heterocycles. The Balaban J connectivity index is 1.43. The number of methoxy groups -OCH3 is 1. The third kappa shape index (κ3) is 5.20. The smallest absolute Gasteiger partial charge is 0.229 e. The number of benzene rings is 2. The van der Waals surface area contributed by atoms with Gasteiger partial charge in [-0.15, -0.1) is 0 Å². The van der Waals surface area contributed by atoms with Crippen molar-refractivity contribution in [1.29, 1.82) is 0 Å². The summed E-state index contributed by atoms with van der Waals surface area (Å²) in [7, 11) is 1.40. The molecule has 172 valence electrons. The summed E-state index contributed by atoms with van der Waals surface area (Å²) in [5, 5.41) is 3.06. The van der Waals surface area contributed by atoms with Crippen LogP contribution in [0.3, 0.4) is 0 Å². The van der Waals surface area contributed by atoms with Gasteiger partial charge >= 0.3 is 0 Å². The van der Waals surface area contributed by atoms with Crippen LogP contribution < -0.4 is 20.5 Å². The molecule has 3 aromatic rings. The highest BCUT2D eigenvalue weighted by Gasteiger charge is 2.22. The van der Waals surface area contributed by atoms with Gasteiger partial charge in [0.1, 0.15) is 29.2 Å². The second-order valence-electron chi connectivity index (χ2n) is 7.74. The number of hydrogen-bond donors (Lipinski definition) is 2. The van der Waals surface area contributed by atoms with Crippen molar-refractivity contribution in [3.05, 3.63) is 65.6 Å². The van der Waals surface area contributed by atoms with E-state index in [1.165, 1.54) is 25.4 Å². The number of nitrogen functional groups attached to an aromatic ring is 1. The molecule has 0 spiro atoms. The minimum absolute atomic E-state index is 0.0227. The number of halogens is 1. The summed E-state index contributed by atoms with van der Waals surface area (Å²) in [5.41, 5.74) is 6.87. The number of carbonyl (C=O) groups excluding carboxylic acids is 1. The second kappa shape index (κ2) is 9.83. The number of likely N-dealkylation sites (N-methyl/N-ethyl adjacent to an activating group) is 1. The fourth-order valence-electron chi connectivity index (χ4n) is 3.75. The van der Waals surface area contributed by atoms with Gasteiger partial charge in [0.2, 0.25) is 11.7 Å². The SMILES string of the molecule is CCN1CCC(Oc2ccc(Nc3ncc(C(=O)c4cc(F)ccc4OC)c(N)n3)cc2)C1. The lowest BCUT2D eigenvalue weighted by Crippen LogP contribution is -2.24. The third-order valence-electron chi connectivity index (χ3n) is 5.56. The van der Waals surface area contributed by atoms with E-state index in [0.29, 0.717) is 0 Å². The summed E-state index contributed by atoms with van der Waals surface area (Å²) >= 11 is 0. The summed E-state index contributed by atoms with van der Waals surface area (Å²) in [6, 6.07) is 11.2. The quantitative estimate of drug-likeness (QED) is 0.501. The molecule has 1 aliphatic rings. The highest BCUT2D eigenvalue weighted by atomic mass is 19.1. The Hall–Kier alpha value is -3.72. The van der Waals surface area contributed by atoms with Crippen LogP contribution in [0.2, 0.25) is 0 Å². The van der Waals surface area contributed by atoms with Crippen LogP contribution in [0.5, 0.6) is 11.5 Å². The van der Waals surface area contributed by atoms with E-state index in [0.717, 1.165) is 43.6 Å². The first kappa shape index (κ1) is 22.5. The van der Waals surface area contributed by atoms with E-state index in [1.54, 1.807) is 0 Å². The van der Waals surface area contributed by atoms with Gasteiger partial charge in [-0.3, -0.25) is 9.69 Å². The first-order chi connectivity index (χ1) is 16.0. The zero-order valence-electron chi connectivity index (χ0n) is 18.5. The number of ketones is 1. The van der Waals surface area contributed by atoms with Crippen molar-refractivity contribution >= 4 is 23.2 Å². The normalized spacial score (nSPS) is 15.9. The molecule has 0 radical (unpaired) electrons. The van der Waals surface area contributed by atoms with E-state index in [2.05, 4.69) is 27.1 Å². The van der Waals surface area contributed by atoms with Crippen LogP contribution in [0, 0.1) is 5.82 Å². The molecule has 4 rings (SSSR count). The molecule has 1 aromatic heterocycles. The predicted molar refractivity (Wildman–Crippen MR) is 124 cm³/mol. The second-order valence-corrected chi connectivity index (χ2v) is 7.74. The highest BCUT2D eigenvalue weighted by molar-refractivity contribution is 6.13. The Morgan fingerprint density at radius 1 is 1.24 bits per heavy atom. The third-order valence-corrected chi connectivity index (χ3v) is 5.56. The van der Waals surface area contributed by atoms with Crippen LogP contribution in [-0.4, -0.2) is 53.5 Å². The van der Waals surface area contributed by atoms with E-state index in [1.807, 2.05) is 24.3 Å². The number of anilines is 3. The number of nitrogens with two attached hydrogens (primary N) is 1. The molecule has 1 atom stereocenters. The van der Waals surface area contributed by atoms with Crippen LogP contribution in [0.15, 0.2) is 48.7 Å².